The molecule has 0 aliphatic carbocycles. The lowest BCUT2D eigenvalue weighted by Crippen LogP contribution is -2.31. The monoisotopic (exact) mass is 297 g/mol. The van der Waals surface area contributed by atoms with Crippen LogP contribution in [0, 0.1) is 0 Å². The van der Waals surface area contributed by atoms with Crippen molar-refractivity contribution in [3.8, 4) is 5.75 Å². The van der Waals surface area contributed by atoms with Gasteiger partial charge in [0.1, 0.15) is 5.75 Å². The fraction of sp³-hybridized carbons (Fsp3) is 0.316. The summed E-state index contributed by atoms with van der Waals surface area (Å²) in [6.45, 7) is 6.34. The molecule has 1 amide bonds. The van der Waals surface area contributed by atoms with Crippen molar-refractivity contribution in [2.24, 2.45) is 0 Å². The van der Waals surface area contributed by atoms with Gasteiger partial charge in [-0.3, -0.25) is 4.79 Å². The van der Waals surface area contributed by atoms with Crippen molar-refractivity contribution in [1.29, 1.82) is 0 Å². The molecule has 2 aromatic rings. The Hall–Kier alpha value is -2.29. The number of para-hydroxylation sites is 1. The second kappa shape index (κ2) is 7.64. The number of benzene rings is 2. The highest BCUT2D eigenvalue weighted by molar-refractivity contribution is 5.78. The lowest BCUT2D eigenvalue weighted by Gasteiger charge is -2.16. The topological polar surface area (TPSA) is 38.3 Å². The zero-order valence-electron chi connectivity index (χ0n) is 13.4. The minimum absolute atomic E-state index is 0.0262. The van der Waals surface area contributed by atoms with E-state index in [0.29, 0.717) is 11.7 Å². The number of hydrogen-bond donors (Lipinski definition) is 1. The molecule has 0 bridgehead atoms. The summed E-state index contributed by atoms with van der Waals surface area (Å²) in [4.78, 5) is 11.9. The van der Waals surface area contributed by atoms with Crippen LogP contribution in [0.25, 0.3) is 0 Å². The van der Waals surface area contributed by atoms with Gasteiger partial charge in [-0.05, 0) is 36.1 Å². The predicted molar refractivity (Wildman–Crippen MR) is 89.0 cm³/mol. The van der Waals surface area contributed by atoms with Crippen LogP contribution in [0.3, 0.4) is 0 Å². The summed E-state index contributed by atoms with van der Waals surface area (Å²) in [6.07, 6.45) is 0. The van der Waals surface area contributed by atoms with Gasteiger partial charge in [0.15, 0.2) is 6.61 Å². The first-order chi connectivity index (χ1) is 10.6. The van der Waals surface area contributed by atoms with Gasteiger partial charge >= 0.3 is 0 Å². The molecule has 0 spiro atoms. The summed E-state index contributed by atoms with van der Waals surface area (Å²) in [7, 11) is 0. The number of carbonyl (C=O) groups is 1. The van der Waals surface area contributed by atoms with E-state index in [0.717, 1.165) is 5.56 Å². The van der Waals surface area contributed by atoms with Crippen LogP contribution in [-0.2, 0) is 4.79 Å². The van der Waals surface area contributed by atoms with Gasteiger partial charge < -0.3 is 10.1 Å². The third kappa shape index (κ3) is 4.62. The van der Waals surface area contributed by atoms with E-state index in [-0.39, 0.29) is 18.6 Å². The van der Waals surface area contributed by atoms with E-state index in [2.05, 4.69) is 43.4 Å². The molecule has 0 unspecified atom stereocenters. The molecule has 116 valence electrons. The normalized spacial score (nSPS) is 12.0. The van der Waals surface area contributed by atoms with E-state index < -0.39 is 0 Å². The Morgan fingerprint density at radius 1 is 0.955 bits per heavy atom. The van der Waals surface area contributed by atoms with E-state index >= 15 is 0 Å². The molecular weight excluding hydrogens is 274 g/mol. The lowest BCUT2D eigenvalue weighted by atomic mass is 9.99. The molecule has 0 aliphatic rings. The van der Waals surface area contributed by atoms with Crippen molar-refractivity contribution in [3.05, 3.63) is 65.7 Å². The Labute approximate surface area is 132 Å². The molecular formula is C19H23NO2. The summed E-state index contributed by atoms with van der Waals surface area (Å²) >= 11 is 0. The van der Waals surface area contributed by atoms with Gasteiger partial charge in [-0.25, -0.2) is 0 Å². The maximum absolute atomic E-state index is 11.9. The minimum Gasteiger partial charge on any atom is -0.484 e. The summed E-state index contributed by atoms with van der Waals surface area (Å²) in [6, 6.07) is 17.7. The van der Waals surface area contributed by atoms with Crippen LogP contribution >= 0.6 is 0 Å². The van der Waals surface area contributed by atoms with Crippen LogP contribution < -0.4 is 10.1 Å². The molecule has 22 heavy (non-hydrogen) atoms. The van der Waals surface area contributed by atoms with E-state index in [4.69, 9.17) is 4.74 Å². The number of hydrogen-bond acceptors (Lipinski definition) is 2. The Kier molecular flexibility index (Phi) is 5.59. The van der Waals surface area contributed by atoms with Gasteiger partial charge in [-0.15, -0.1) is 0 Å². The van der Waals surface area contributed by atoms with Crippen LogP contribution in [0.15, 0.2) is 54.6 Å². The summed E-state index contributed by atoms with van der Waals surface area (Å²) in [5.41, 5.74) is 2.40. The third-order valence-corrected chi connectivity index (χ3v) is 3.59. The average molecular weight is 297 g/mol. The maximum atomic E-state index is 11.9. The van der Waals surface area contributed by atoms with Crippen LogP contribution in [0.2, 0.25) is 0 Å². The van der Waals surface area contributed by atoms with Gasteiger partial charge in [-0.1, -0.05) is 56.3 Å². The molecule has 3 heteroatoms. The molecule has 2 aromatic carbocycles. The van der Waals surface area contributed by atoms with E-state index in [1.807, 2.05) is 37.3 Å². The molecule has 0 aliphatic heterocycles. The number of rotatable bonds is 6. The zero-order chi connectivity index (χ0) is 15.9. The highest BCUT2D eigenvalue weighted by atomic mass is 16.5. The van der Waals surface area contributed by atoms with Crippen LogP contribution in [0.1, 0.15) is 43.9 Å². The molecule has 0 heterocycles. The highest BCUT2D eigenvalue weighted by Crippen LogP contribution is 2.18. The quantitative estimate of drug-likeness (QED) is 0.873. The SMILES string of the molecule is CC(C)c1ccc([C@H](C)NC(=O)COc2ccccc2)cc1. The molecule has 0 fully saturated rings. The van der Waals surface area contributed by atoms with E-state index in [1.165, 1.54) is 5.56 Å². The maximum Gasteiger partial charge on any atom is 0.258 e. The largest absolute Gasteiger partial charge is 0.484 e. The van der Waals surface area contributed by atoms with Crippen molar-refractivity contribution >= 4 is 5.91 Å². The van der Waals surface area contributed by atoms with Gasteiger partial charge in [0.05, 0.1) is 6.04 Å². The number of nitrogens with one attached hydrogen (secondary N) is 1. The molecule has 1 atom stereocenters. The molecule has 0 radical (unpaired) electrons. The van der Waals surface area contributed by atoms with Crippen molar-refractivity contribution in [1.82, 2.24) is 5.32 Å². The smallest absolute Gasteiger partial charge is 0.258 e. The van der Waals surface area contributed by atoms with Crippen LogP contribution in [-0.4, -0.2) is 12.5 Å². The number of amides is 1. The average Bonchev–Trinajstić information content (AvgIpc) is 2.54. The lowest BCUT2D eigenvalue weighted by molar-refractivity contribution is -0.123. The van der Waals surface area contributed by atoms with Gasteiger partial charge in [0.25, 0.3) is 5.91 Å². The first-order valence-electron chi connectivity index (χ1n) is 7.63. The Balaban J connectivity index is 1.85. The Bertz CT molecular complexity index is 591. The van der Waals surface area contributed by atoms with Crippen molar-refractivity contribution < 1.29 is 9.53 Å². The molecule has 3 nitrogen and oxygen atoms in total. The summed E-state index contributed by atoms with van der Waals surface area (Å²) < 4.78 is 5.44. The van der Waals surface area contributed by atoms with Gasteiger partial charge in [0.2, 0.25) is 0 Å². The fourth-order valence-electron chi connectivity index (χ4n) is 2.20. The van der Waals surface area contributed by atoms with Crippen molar-refractivity contribution in [2.45, 2.75) is 32.7 Å². The summed E-state index contributed by atoms with van der Waals surface area (Å²) in [5, 5.41) is 2.95. The molecule has 2 rings (SSSR count). The fourth-order valence-corrected chi connectivity index (χ4v) is 2.20. The molecule has 0 aromatic heterocycles. The van der Waals surface area contributed by atoms with Crippen LogP contribution in [0.5, 0.6) is 5.75 Å². The van der Waals surface area contributed by atoms with Crippen molar-refractivity contribution in [3.63, 3.8) is 0 Å². The van der Waals surface area contributed by atoms with E-state index in [9.17, 15) is 4.79 Å². The number of carbonyl (C=O) groups excluding carboxylic acids is 1. The van der Waals surface area contributed by atoms with Gasteiger partial charge in [-0.2, -0.15) is 0 Å². The Morgan fingerprint density at radius 3 is 2.14 bits per heavy atom. The summed E-state index contributed by atoms with van der Waals surface area (Å²) in [5.74, 6) is 1.09. The van der Waals surface area contributed by atoms with E-state index in [1.54, 1.807) is 0 Å². The zero-order valence-corrected chi connectivity index (χ0v) is 13.4. The van der Waals surface area contributed by atoms with Crippen LogP contribution in [0.4, 0.5) is 0 Å². The highest BCUT2D eigenvalue weighted by Gasteiger charge is 2.10. The predicted octanol–water partition coefficient (Wildman–Crippen LogP) is 4.07. The number of ether oxygens (including phenoxy) is 1. The molecule has 1 N–H and O–H groups in total. The third-order valence-electron chi connectivity index (χ3n) is 3.59. The second-order valence-electron chi connectivity index (χ2n) is 5.71. The first kappa shape index (κ1) is 16.1. The molecule has 0 saturated carbocycles. The van der Waals surface area contributed by atoms with Crippen molar-refractivity contribution in [2.75, 3.05) is 6.61 Å². The molecule has 0 saturated heterocycles. The standard InChI is InChI=1S/C19H23NO2/c1-14(2)16-9-11-17(12-10-16)15(3)20-19(21)13-22-18-7-5-4-6-8-18/h4-12,14-15H,13H2,1-3H3,(H,20,21)/t15-/m0/s1. The first-order valence-corrected chi connectivity index (χ1v) is 7.63. The second-order valence-corrected chi connectivity index (χ2v) is 5.71. The Morgan fingerprint density at radius 2 is 1.55 bits per heavy atom. The minimum atomic E-state index is -0.121. The van der Waals surface area contributed by atoms with Gasteiger partial charge in [0, 0.05) is 0 Å².